The van der Waals surface area contributed by atoms with Crippen LogP contribution in [0.5, 0.6) is 5.75 Å². The van der Waals surface area contributed by atoms with Crippen molar-refractivity contribution >= 4 is 11.6 Å². The van der Waals surface area contributed by atoms with Crippen LogP contribution in [0.2, 0.25) is 0 Å². The summed E-state index contributed by atoms with van der Waals surface area (Å²) in [5.74, 6) is 0.606. The molecule has 1 aliphatic rings. The zero-order valence-corrected chi connectivity index (χ0v) is 16.5. The molecule has 1 atom stereocenters. The van der Waals surface area contributed by atoms with E-state index in [0.29, 0.717) is 31.9 Å². The van der Waals surface area contributed by atoms with Crippen LogP contribution in [0.25, 0.3) is 0 Å². The highest BCUT2D eigenvalue weighted by molar-refractivity contribution is 5.81. The molecular weight excluding hydrogens is 357 g/mol. The van der Waals surface area contributed by atoms with E-state index in [1.54, 1.807) is 12.1 Å². The summed E-state index contributed by atoms with van der Waals surface area (Å²) in [5.41, 5.74) is 1.78. The Kier molecular flexibility index (Phi) is 6.87. The van der Waals surface area contributed by atoms with Crippen molar-refractivity contribution in [1.29, 1.82) is 0 Å². The minimum atomic E-state index is -0.221. The molecule has 1 fully saturated rings. The predicted octanol–water partition coefficient (Wildman–Crippen LogP) is 2.84. The summed E-state index contributed by atoms with van der Waals surface area (Å²) in [6, 6.07) is 14.5. The fraction of sp³-hybridized carbons (Fsp3) is 0.409. The number of aryl methyl sites for hydroxylation is 1. The molecule has 6 heteroatoms. The number of piperazine rings is 1. The first-order valence-corrected chi connectivity index (χ1v) is 9.75. The molecule has 0 saturated carbocycles. The number of para-hydroxylation sites is 1. The van der Waals surface area contributed by atoms with Crippen molar-refractivity contribution in [3.63, 3.8) is 0 Å². The molecule has 5 nitrogen and oxygen atoms in total. The third-order valence-corrected chi connectivity index (χ3v) is 5.09. The van der Waals surface area contributed by atoms with Crippen LogP contribution in [0.4, 0.5) is 10.1 Å². The minimum Gasteiger partial charge on any atom is -0.492 e. The predicted molar refractivity (Wildman–Crippen MR) is 109 cm³/mol. The van der Waals surface area contributed by atoms with Crippen LogP contribution < -0.4 is 15.0 Å². The third-order valence-electron chi connectivity index (χ3n) is 5.09. The minimum absolute atomic E-state index is 0.00724. The summed E-state index contributed by atoms with van der Waals surface area (Å²) in [5, 5.41) is 2.94. The topological polar surface area (TPSA) is 44.8 Å². The Labute approximate surface area is 166 Å². The largest absolute Gasteiger partial charge is 0.492 e. The van der Waals surface area contributed by atoms with Crippen molar-refractivity contribution in [2.45, 2.75) is 19.9 Å². The Hall–Kier alpha value is -2.60. The maximum absolute atomic E-state index is 13.9. The zero-order valence-electron chi connectivity index (χ0n) is 16.5. The quantitative estimate of drug-likeness (QED) is 0.745. The molecule has 3 rings (SSSR count). The van der Waals surface area contributed by atoms with E-state index in [0.717, 1.165) is 24.4 Å². The van der Waals surface area contributed by atoms with Crippen LogP contribution >= 0.6 is 0 Å². The Bertz CT molecular complexity index is 791. The molecule has 1 saturated heterocycles. The maximum atomic E-state index is 13.9. The molecule has 0 bridgehead atoms. The molecule has 0 aromatic heterocycles. The first-order chi connectivity index (χ1) is 13.5. The van der Waals surface area contributed by atoms with Gasteiger partial charge in [0.2, 0.25) is 5.91 Å². The number of carbonyl (C=O) groups excluding carboxylic acids is 1. The molecule has 1 heterocycles. The van der Waals surface area contributed by atoms with Gasteiger partial charge < -0.3 is 15.0 Å². The first kappa shape index (κ1) is 20.1. The van der Waals surface area contributed by atoms with Gasteiger partial charge in [0, 0.05) is 26.2 Å². The number of anilines is 1. The summed E-state index contributed by atoms with van der Waals surface area (Å²) >= 11 is 0. The van der Waals surface area contributed by atoms with E-state index in [1.807, 2.05) is 49.1 Å². The lowest BCUT2D eigenvalue weighted by atomic mass is 10.2. The normalized spacial score (nSPS) is 15.9. The van der Waals surface area contributed by atoms with Crippen molar-refractivity contribution in [2.75, 3.05) is 44.2 Å². The lowest BCUT2D eigenvalue weighted by Gasteiger charge is -2.38. The summed E-state index contributed by atoms with van der Waals surface area (Å²) in [4.78, 5) is 16.6. The summed E-state index contributed by atoms with van der Waals surface area (Å²) < 4.78 is 19.6. The first-order valence-electron chi connectivity index (χ1n) is 9.75. The summed E-state index contributed by atoms with van der Waals surface area (Å²) in [6.07, 6.45) is 0. The van der Waals surface area contributed by atoms with Gasteiger partial charge in [0.15, 0.2) is 0 Å². The van der Waals surface area contributed by atoms with Gasteiger partial charge in [-0.25, -0.2) is 4.39 Å². The second kappa shape index (κ2) is 9.55. The van der Waals surface area contributed by atoms with Crippen molar-refractivity contribution in [1.82, 2.24) is 10.2 Å². The lowest BCUT2D eigenvalue weighted by molar-refractivity contribution is -0.126. The number of amides is 1. The molecule has 28 heavy (non-hydrogen) atoms. The van der Waals surface area contributed by atoms with Crippen LogP contribution in [0.3, 0.4) is 0 Å². The smallest absolute Gasteiger partial charge is 0.237 e. The summed E-state index contributed by atoms with van der Waals surface area (Å²) in [7, 11) is 0. The monoisotopic (exact) mass is 385 g/mol. The second-order valence-corrected chi connectivity index (χ2v) is 7.11. The van der Waals surface area contributed by atoms with Crippen LogP contribution in [0.1, 0.15) is 12.5 Å². The molecule has 1 unspecified atom stereocenters. The van der Waals surface area contributed by atoms with Gasteiger partial charge in [0.25, 0.3) is 0 Å². The van der Waals surface area contributed by atoms with E-state index in [4.69, 9.17) is 4.74 Å². The maximum Gasteiger partial charge on any atom is 0.237 e. The van der Waals surface area contributed by atoms with E-state index in [2.05, 4.69) is 10.2 Å². The van der Waals surface area contributed by atoms with E-state index in [1.165, 1.54) is 6.07 Å². The van der Waals surface area contributed by atoms with Gasteiger partial charge in [-0.15, -0.1) is 0 Å². The summed E-state index contributed by atoms with van der Waals surface area (Å²) in [6.45, 7) is 7.68. The van der Waals surface area contributed by atoms with Crippen molar-refractivity contribution in [2.24, 2.45) is 0 Å². The molecule has 150 valence electrons. The number of nitrogens with one attached hydrogen (secondary N) is 1. The van der Waals surface area contributed by atoms with Crippen molar-refractivity contribution in [3.05, 3.63) is 59.9 Å². The molecule has 1 amide bonds. The van der Waals surface area contributed by atoms with Crippen LogP contribution in [0, 0.1) is 12.7 Å². The number of benzene rings is 2. The van der Waals surface area contributed by atoms with Crippen molar-refractivity contribution in [3.8, 4) is 5.75 Å². The Balaban J connectivity index is 1.40. The standard InChI is InChI=1S/C22H28FN3O2/c1-17-6-5-7-19(16-17)28-15-10-24-22(27)18(2)25-11-13-26(14-12-25)21-9-4-3-8-20(21)23/h3-9,16,18H,10-15H2,1-2H3,(H,24,27). The van der Waals surface area contributed by atoms with Crippen molar-refractivity contribution < 1.29 is 13.9 Å². The second-order valence-electron chi connectivity index (χ2n) is 7.11. The average molecular weight is 385 g/mol. The molecule has 2 aromatic carbocycles. The Morgan fingerprint density at radius 3 is 2.61 bits per heavy atom. The highest BCUT2D eigenvalue weighted by Crippen LogP contribution is 2.20. The van der Waals surface area contributed by atoms with E-state index < -0.39 is 0 Å². The molecule has 1 N–H and O–H groups in total. The number of hydrogen-bond acceptors (Lipinski definition) is 4. The van der Waals surface area contributed by atoms with Gasteiger partial charge in [0.1, 0.15) is 18.2 Å². The van der Waals surface area contributed by atoms with E-state index in [9.17, 15) is 9.18 Å². The van der Waals surface area contributed by atoms with Gasteiger partial charge in [-0.3, -0.25) is 9.69 Å². The highest BCUT2D eigenvalue weighted by atomic mass is 19.1. The number of carbonyl (C=O) groups is 1. The van der Waals surface area contributed by atoms with Crippen LogP contribution in [0.15, 0.2) is 48.5 Å². The van der Waals surface area contributed by atoms with E-state index in [-0.39, 0.29) is 17.8 Å². The third kappa shape index (κ3) is 5.23. The number of nitrogens with zero attached hydrogens (tertiary/aromatic N) is 2. The lowest BCUT2D eigenvalue weighted by Crippen LogP contribution is -2.54. The van der Waals surface area contributed by atoms with Gasteiger partial charge in [-0.2, -0.15) is 0 Å². The Morgan fingerprint density at radius 2 is 1.89 bits per heavy atom. The van der Waals surface area contributed by atoms with Gasteiger partial charge in [-0.05, 0) is 43.7 Å². The molecule has 0 aliphatic carbocycles. The van der Waals surface area contributed by atoms with E-state index >= 15 is 0 Å². The number of rotatable bonds is 7. The molecule has 0 radical (unpaired) electrons. The number of ether oxygens (including phenoxy) is 1. The van der Waals surface area contributed by atoms with Gasteiger partial charge >= 0.3 is 0 Å². The highest BCUT2D eigenvalue weighted by Gasteiger charge is 2.26. The molecule has 1 aliphatic heterocycles. The molecular formula is C22H28FN3O2. The number of hydrogen-bond donors (Lipinski definition) is 1. The molecule has 0 spiro atoms. The molecule has 2 aromatic rings. The zero-order chi connectivity index (χ0) is 19.9. The fourth-order valence-corrected chi connectivity index (χ4v) is 3.42. The van der Waals surface area contributed by atoms with Crippen LogP contribution in [-0.2, 0) is 4.79 Å². The van der Waals surface area contributed by atoms with Crippen LogP contribution in [-0.4, -0.2) is 56.2 Å². The average Bonchev–Trinajstić information content (AvgIpc) is 2.71. The number of halogens is 1. The van der Waals surface area contributed by atoms with Gasteiger partial charge in [0.05, 0.1) is 18.3 Å². The van der Waals surface area contributed by atoms with Gasteiger partial charge in [-0.1, -0.05) is 24.3 Å². The Morgan fingerprint density at radius 1 is 1.14 bits per heavy atom. The fourth-order valence-electron chi connectivity index (χ4n) is 3.42. The SMILES string of the molecule is Cc1cccc(OCCNC(=O)C(C)N2CCN(c3ccccc3F)CC2)c1.